The number of hydrogen-bond donors (Lipinski definition) is 0. The molecule has 0 fully saturated rings. The average molecular weight is 263 g/mol. The van der Waals surface area contributed by atoms with Crippen molar-refractivity contribution in [2.75, 3.05) is 13.7 Å². The second-order valence-corrected chi connectivity index (χ2v) is 5.02. The molecule has 2 aromatic rings. The van der Waals surface area contributed by atoms with Gasteiger partial charge in [0, 0.05) is 19.4 Å². The van der Waals surface area contributed by atoms with Crippen molar-refractivity contribution < 1.29 is 4.74 Å². The van der Waals surface area contributed by atoms with Crippen molar-refractivity contribution in [3.8, 4) is 0 Å². The molecule has 0 aliphatic rings. The summed E-state index contributed by atoms with van der Waals surface area (Å²) in [6.07, 6.45) is 1.75. The molecule has 1 heterocycles. The van der Waals surface area contributed by atoms with Crippen molar-refractivity contribution in [3.63, 3.8) is 0 Å². The third kappa shape index (κ3) is 3.58. The zero-order valence-electron chi connectivity index (χ0n) is 10.7. The number of hydrogen-bond acceptors (Lipinski definition) is 4. The molecule has 0 amide bonds. The van der Waals surface area contributed by atoms with Crippen molar-refractivity contribution in [3.05, 3.63) is 41.7 Å². The summed E-state index contributed by atoms with van der Waals surface area (Å²) in [7, 11) is 1.70. The molecule has 0 spiro atoms. The molecular weight excluding hydrogens is 246 g/mol. The predicted molar refractivity (Wildman–Crippen MR) is 72.6 cm³/mol. The fourth-order valence-corrected chi connectivity index (χ4v) is 2.43. The highest BCUT2D eigenvalue weighted by Crippen LogP contribution is 2.20. The lowest BCUT2D eigenvalue weighted by Crippen LogP contribution is -2.04. The second-order valence-electron chi connectivity index (χ2n) is 4.07. The van der Waals surface area contributed by atoms with E-state index in [9.17, 15) is 0 Å². The summed E-state index contributed by atoms with van der Waals surface area (Å²) in [4.78, 5) is 0. The lowest BCUT2D eigenvalue weighted by atomic mass is 10.2. The Morgan fingerprint density at radius 1 is 1.28 bits per heavy atom. The monoisotopic (exact) mass is 263 g/mol. The van der Waals surface area contributed by atoms with Crippen molar-refractivity contribution in [1.29, 1.82) is 0 Å². The molecular formula is C13H17N3OS. The van der Waals surface area contributed by atoms with Crippen LogP contribution in [0.25, 0.3) is 0 Å². The van der Waals surface area contributed by atoms with Crippen molar-refractivity contribution in [1.82, 2.24) is 14.8 Å². The molecule has 0 saturated carbocycles. The average Bonchev–Trinajstić information content (AvgIpc) is 2.83. The maximum absolute atomic E-state index is 5.06. The number of aromatic nitrogens is 3. The molecule has 0 N–H and O–H groups in total. The third-order valence-electron chi connectivity index (χ3n) is 2.60. The fourth-order valence-electron chi connectivity index (χ4n) is 1.53. The molecule has 0 unspecified atom stereocenters. The van der Waals surface area contributed by atoms with E-state index in [1.807, 2.05) is 4.57 Å². The summed E-state index contributed by atoms with van der Waals surface area (Å²) in [6.45, 7) is 3.56. The van der Waals surface area contributed by atoms with Crippen LogP contribution in [0.4, 0.5) is 0 Å². The Morgan fingerprint density at radius 2 is 2.06 bits per heavy atom. The highest BCUT2D eigenvalue weighted by Gasteiger charge is 2.05. The molecule has 4 nitrogen and oxygen atoms in total. The fraction of sp³-hybridized carbons (Fsp3) is 0.385. The Kier molecular flexibility index (Phi) is 4.78. The summed E-state index contributed by atoms with van der Waals surface area (Å²) in [6, 6.07) is 8.56. The number of aryl methyl sites for hydroxylation is 1. The van der Waals surface area contributed by atoms with E-state index in [1.54, 1.807) is 25.2 Å². The van der Waals surface area contributed by atoms with Gasteiger partial charge in [-0.25, -0.2) is 0 Å². The van der Waals surface area contributed by atoms with Crippen molar-refractivity contribution >= 4 is 11.8 Å². The minimum Gasteiger partial charge on any atom is -0.383 e. The van der Waals surface area contributed by atoms with Gasteiger partial charge in [0.1, 0.15) is 6.33 Å². The first-order chi connectivity index (χ1) is 8.79. The summed E-state index contributed by atoms with van der Waals surface area (Å²) >= 11 is 1.70. The zero-order valence-corrected chi connectivity index (χ0v) is 11.5. The first-order valence-corrected chi connectivity index (χ1v) is 6.83. The number of thioether (sulfide) groups is 1. The molecule has 18 heavy (non-hydrogen) atoms. The molecule has 0 aliphatic carbocycles. The summed E-state index contributed by atoms with van der Waals surface area (Å²) in [5, 5.41) is 9.00. The van der Waals surface area contributed by atoms with Crippen LogP contribution in [-0.2, 0) is 17.0 Å². The van der Waals surface area contributed by atoms with Gasteiger partial charge in [-0.1, -0.05) is 41.6 Å². The first kappa shape index (κ1) is 13.1. The molecule has 2 rings (SSSR count). The van der Waals surface area contributed by atoms with E-state index in [0.717, 1.165) is 17.5 Å². The number of rotatable bonds is 6. The number of benzene rings is 1. The number of ether oxygens (including phenoxy) is 1. The van der Waals surface area contributed by atoms with Gasteiger partial charge in [0.2, 0.25) is 0 Å². The van der Waals surface area contributed by atoms with Crippen LogP contribution in [0.15, 0.2) is 35.7 Å². The molecule has 0 bridgehead atoms. The SMILES string of the molecule is COCCn1cnnc1SCc1ccc(C)cc1. The van der Waals surface area contributed by atoms with Crippen LogP contribution < -0.4 is 0 Å². The van der Waals surface area contributed by atoms with Crippen LogP contribution in [0, 0.1) is 6.92 Å². The standard InChI is InChI=1S/C13H17N3OS/c1-11-3-5-12(6-4-11)9-18-13-15-14-10-16(13)7-8-17-2/h3-6,10H,7-9H2,1-2H3. The molecule has 0 radical (unpaired) electrons. The van der Waals surface area contributed by atoms with E-state index < -0.39 is 0 Å². The highest BCUT2D eigenvalue weighted by atomic mass is 32.2. The molecule has 5 heteroatoms. The second kappa shape index (κ2) is 6.56. The third-order valence-corrected chi connectivity index (χ3v) is 3.66. The van der Waals surface area contributed by atoms with Crippen LogP contribution >= 0.6 is 11.8 Å². The Morgan fingerprint density at radius 3 is 2.78 bits per heavy atom. The first-order valence-electron chi connectivity index (χ1n) is 5.84. The Hall–Kier alpha value is -1.33. The van der Waals surface area contributed by atoms with Crippen LogP contribution in [0.5, 0.6) is 0 Å². The van der Waals surface area contributed by atoms with E-state index in [-0.39, 0.29) is 0 Å². The van der Waals surface area contributed by atoms with E-state index in [2.05, 4.69) is 41.4 Å². The lowest BCUT2D eigenvalue weighted by molar-refractivity contribution is 0.184. The van der Waals surface area contributed by atoms with Gasteiger partial charge in [0.15, 0.2) is 5.16 Å². The molecule has 1 aromatic heterocycles. The predicted octanol–water partition coefficient (Wildman–Crippen LogP) is 2.53. The van der Waals surface area contributed by atoms with Crippen molar-refractivity contribution in [2.45, 2.75) is 24.4 Å². The quantitative estimate of drug-likeness (QED) is 0.751. The maximum atomic E-state index is 5.06. The molecule has 96 valence electrons. The number of nitrogens with zero attached hydrogens (tertiary/aromatic N) is 3. The van der Waals surface area contributed by atoms with Gasteiger partial charge in [-0.05, 0) is 12.5 Å². The van der Waals surface area contributed by atoms with Gasteiger partial charge in [-0.2, -0.15) is 0 Å². The maximum Gasteiger partial charge on any atom is 0.191 e. The Balaban J connectivity index is 1.93. The van der Waals surface area contributed by atoms with Gasteiger partial charge in [0.05, 0.1) is 6.61 Å². The van der Waals surface area contributed by atoms with Gasteiger partial charge in [-0.3, -0.25) is 0 Å². The summed E-state index contributed by atoms with van der Waals surface area (Å²) in [5.41, 5.74) is 2.58. The van der Waals surface area contributed by atoms with E-state index >= 15 is 0 Å². The highest BCUT2D eigenvalue weighted by molar-refractivity contribution is 7.98. The Bertz CT molecular complexity index is 481. The van der Waals surface area contributed by atoms with Crippen LogP contribution in [0.3, 0.4) is 0 Å². The van der Waals surface area contributed by atoms with Gasteiger partial charge in [0.25, 0.3) is 0 Å². The molecule has 0 saturated heterocycles. The summed E-state index contributed by atoms with van der Waals surface area (Å²) < 4.78 is 7.08. The molecule has 0 atom stereocenters. The van der Waals surface area contributed by atoms with Crippen LogP contribution in [-0.4, -0.2) is 28.5 Å². The van der Waals surface area contributed by atoms with Gasteiger partial charge < -0.3 is 9.30 Å². The van der Waals surface area contributed by atoms with E-state index in [0.29, 0.717) is 6.61 Å². The van der Waals surface area contributed by atoms with Gasteiger partial charge >= 0.3 is 0 Å². The van der Waals surface area contributed by atoms with Crippen LogP contribution in [0.2, 0.25) is 0 Å². The van der Waals surface area contributed by atoms with Crippen molar-refractivity contribution in [2.24, 2.45) is 0 Å². The zero-order chi connectivity index (χ0) is 12.8. The molecule has 0 aliphatic heterocycles. The normalized spacial score (nSPS) is 10.8. The Labute approximate surface area is 111 Å². The van der Waals surface area contributed by atoms with E-state index in [1.165, 1.54) is 11.1 Å². The minimum absolute atomic E-state index is 0.677. The largest absolute Gasteiger partial charge is 0.383 e. The smallest absolute Gasteiger partial charge is 0.191 e. The topological polar surface area (TPSA) is 39.9 Å². The number of methoxy groups -OCH3 is 1. The van der Waals surface area contributed by atoms with E-state index in [4.69, 9.17) is 4.74 Å². The van der Waals surface area contributed by atoms with Gasteiger partial charge in [-0.15, -0.1) is 10.2 Å². The molecule has 1 aromatic carbocycles. The lowest BCUT2D eigenvalue weighted by Gasteiger charge is -2.05. The summed E-state index contributed by atoms with van der Waals surface area (Å²) in [5.74, 6) is 0.909. The van der Waals surface area contributed by atoms with Crippen LogP contribution in [0.1, 0.15) is 11.1 Å². The minimum atomic E-state index is 0.677.